The van der Waals surface area contributed by atoms with Gasteiger partial charge in [0, 0.05) is 51.9 Å². The van der Waals surface area contributed by atoms with Crippen molar-refractivity contribution >= 4 is 59.5 Å². The molecule has 0 spiro atoms. The number of rotatable bonds is 13. The highest BCUT2D eigenvalue weighted by Crippen LogP contribution is 2.57. The van der Waals surface area contributed by atoms with Crippen molar-refractivity contribution in [2.75, 3.05) is 29.5 Å². The van der Waals surface area contributed by atoms with Crippen LogP contribution in [0.2, 0.25) is 0 Å². The van der Waals surface area contributed by atoms with Crippen LogP contribution in [0.3, 0.4) is 0 Å². The van der Waals surface area contributed by atoms with Crippen LogP contribution in [0, 0.1) is 0 Å². The molecule has 2 aromatic carbocycles. The maximum atomic E-state index is 12.1. The Hall–Kier alpha value is -3.13. The smallest absolute Gasteiger partial charge is 0.294 e. The summed E-state index contributed by atoms with van der Waals surface area (Å²) in [5, 5.41) is 9.09. The molecule has 0 amide bonds. The number of anilines is 1. The first-order valence-corrected chi connectivity index (χ1v) is 23.6. The zero-order valence-electron chi connectivity index (χ0n) is 30.6. The van der Waals surface area contributed by atoms with Crippen molar-refractivity contribution in [1.82, 2.24) is 0 Å². The summed E-state index contributed by atoms with van der Waals surface area (Å²) in [4.78, 5) is 2.57. The van der Waals surface area contributed by atoms with Crippen LogP contribution in [0.25, 0.3) is 0 Å². The Balaban J connectivity index is 1.25. The van der Waals surface area contributed by atoms with Crippen LogP contribution in [-0.2, 0) is 45.5 Å². The molecule has 0 aromatic heterocycles. The fourth-order valence-corrected chi connectivity index (χ4v) is 11.3. The third-order valence-corrected chi connectivity index (χ3v) is 14.7. The van der Waals surface area contributed by atoms with Crippen molar-refractivity contribution in [2.24, 2.45) is 0 Å². The first-order valence-electron chi connectivity index (χ1n) is 18.2. The summed E-state index contributed by atoms with van der Waals surface area (Å²) in [6, 6.07) is 10.3. The Kier molecular flexibility index (Phi) is 10.7. The summed E-state index contributed by atoms with van der Waals surface area (Å²) < 4.78 is 106. The van der Waals surface area contributed by atoms with E-state index in [1.807, 2.05) is 30.0 Å². The molecule has 296 valence electrons. The van der Waals surface area contributed by atoms with Crippen molar-refractivity contribution < 1.29 is 53.1 Å². The van der Waals surface area contributed by atoms with Crippen LogP contribution < -0.4 is 4.90 Å². The maximum absolute atomic E-state index is 12.1. The van der Waals surface area contributed by atoms with Crippen molar-refractivity contribution in [3.05, 3.63) is 93.7 Å². The maximum Gasteiger partial charge on any atom is 0.294 e. The van der Waals surface area contributed by atoms with Crippen LogP contribution in [-0.4, -0.2) is 79.1 Å². The quantitative estimate of drug-likeness (QED) is 0.0534. The molecule has 0 radical (unpaired) electrons. The highest BCUT2D eigenvalue weighted by atomic mass is 32.2. The minimum absolute atomic E-state index is 0.156. The second kappa shape index (κ2) is 14.7. The summed E-state index contributed by atoms with van der Waals surface area (Å²) in [6.07, 6.45) is 12.7. The van der Waals surface area contributed by atoms with Crippen LogP contribution in [0.15, 0.2) is 92.4 Å². The Morgan fingerprint density at radius 1 is 0.855 bits per heavy atom. The van der Waals surface area contributed by atoms with E-state index >= 15 is 0 Å². The lowest BCUT2D eigenvalue weighted by atomic mass is 9.80. The summed E-state index contributed by atoms with van der Waals surface area (Å²) in [6.45, 7) is 4.91. The number of allylic oxidation sites excluding steroid dienone is 8. The molecule has 2 heterocycles. The van der Waals surface area contributed by atoms with Crippen molar-refractivity contribution in [3.63, 3.8) is 0 Å². The Labute approximate surface area is 326 Å². The van der Waals surface area contributed by atoms with Crippen LogP contribution in [0.5, 0.6) is 0 Å². The lowest BCUT2D eigenvalue weighted by Gasteiger charge is -2.27. The largest absolute Gasteiger partial charge is 0.344 e. The van der Waals surface area contributed by atoms with Gasteiger partial charge in [0.15, 0.2) is 5.71 Å². The van der Waals surface area contributed by atoms with Gasteiger partial charge in [0.25, 0.3) is 30.4 Å². The Morgan fingerprint density at radius 3 is 2.29 bits per heavy atom. The monoisotopic (exact) mass is 833 g/mol. The summed E-state index contributed by atoms with van der Waals surface area (Å²) in [7, 11) is -12.8. The van der Waals surface area contributed by atoms with Gasteiger partial charge in [-0.25, -0.2) is 5.26 Å². The number of benzene rings is 2. The van der Waals surface area contributed by atoms with E-state index in [9.17, 15) is 38.9 Å². The van der Waals surface area contributed by atoms with E-state index in [-0.39, 0.29) is 35.4 Å². The molecule has 2 aromatic rings. The predicted octanol–water partition coefficient (Wildman–Crippen LogP) is 6.92. The van der Waals surface area contributed by atoms with Crippen LogP contribution in [0.1, 0.15) is 82.8 Å². The number of hydrogen-bond acceptors (Lipinski definition) is 10. The van der Waals surface area contributed by atoms with E-state index < -0.39 is 41.5 Å². The zero-order valence-corrected chi connectivity index (χ0v) is 33.8. The van der Waals surface area contributed by atoms with Crippen LogP contribution >= 0.6 is 12.0 Å². The third-order valence-electron chi connectivity index (χ3n) is 11.7. The average molecular weight is 834 g/mol. The summed E-state index contributed by atoms with van der Waals surface area (Å²) >= 11 is 0.857. The number of fused-ring (bicyclic) bond motifs is 6. The zero-order chi connectivity index (χ0) is 39.6. The lowest BCUT2D eigenvalue weighted by Crippen LogP contribution is -2.28. The summed E-state index contributed by atoms with van der Waals surface area (Å²) in [5.41, 5.74) is 9.17. The molecule has 55 heavy (non-hydrogen) atoms. The highest BCUT2D eigenvalue weighted by Gasteiger charge is 2.54. The van der Waals surface area contributed by atoms with Crippen molar-refractivity contribution in [1.29, 1.82) is 0 Å². The molecular weight excluding hydrogens is 789 g/mol. The van der Waals surface area contributed by atoms with E-state index in [1.54, 1.807) is 6.07 Å². The molecular formula is C38H45N2O11S4+. The van der Waals surface area contributed by atoms with Gasteiger partial charge in [0.05, 0.1) is 33.9 Å². The molecule has 1 saturated carbocycles. The molecule has 2 atom stereocenters. The number of hydrogen-bond donors (Lipinski definition) is 4. The van der Waals surface area contributed by atoms with Gasteiger partial charge in [-0.3, -0.25) is 13.7 Å². The van der Waals surface area contributed by atoms with Gasteiger partial charge in [-0.05, 0) is 124 Å². The van der Waals surface area contributed by atoms with Gasteiger partial charge < -0.3 is 4.90 Å². The molecule has 2 unspecified atom stereocenters. The molecule has 0 bridgehead atoms. The fraction of sp³-hybridized carbons (Fsp3) is 0.447. The third kappa shape index (κ3) is 7.92. The Bertz CT molecular complexity index is 2450. The molecule has 2 aliphatic heterocycles. The molecule has 13 nitrogen and oxygen atoms in total. The average Bonchev–Trinajstić information content (AvgIpc) is 3.75. The minimum atomic E-state index is -4.46. The Morgan fingerprint density at radius 2 is 1.58 bits per heavy atom. The van der Waals surface area contributed by atoms with Gasteiger partial charge in [-0.15, -0.1) is 0 Å². The second-order valence-corrected chi connectivity index (χ2v) is 20.8. The van der Waals surface area contributed by atoms with Gasteiger partial charge in [0.1, 0.15) is 6.54 Å². The van der Waals surface area contributed by atoms with Gasteiger partial charge in [0.2, 0.25) is 5.69 Å². The SMILES string of the molecule is CC12CCC(C=C3C=C(C=C4CCC5(C)C4=[N+](CCCS(=O)(=O)O)c4ccc(SOO)cc45)CCC3)=C1N(CCCS(=O)(=O)O)c1ccc(S(=O)(=O)O)cc12. The lowest BCUT2D eigenvalue weighted by molar-refractivity contribution is -0.437. The first kappa shape index (κ1) is 40.1. The van der Waals surface area contributed by atoms with E-state index in [2.05, 4.69) is 34.1 Å². The minimum Gasteiger partial charge on any atom is -0.344 e. The molecule has 4 N–H and O–H groups in total. The molecule has 17 heteroatoms. The highest BCUT2D eigenvalue weighted by molar-refractivity contribution is 7.94. The molecule has 3 aliphatic carbocycles. The number of nitrogens with zero attached hydrogens (tertiary/aromatic N) is 2. The van der Waals surface area contributed by atoms with E-state index in [1.165, 1.54) is 12.1 Å². The standard InChI is InChI=1S/C38H44N2O11S4/c1-37-14-12-27(35(37)39(16-4-18-53(42,43)44)33-10-8-29(52-51-41)23-31(33)37)21-25-6-3-7-26(20-25)22-28-13-15-38(2)32-24-30(55(48,49)50)9-11-34(32)40(36(28)38)17-5-19-54(45,46)47/h8-11,20-24H,3-7,12-19H2,1-2H3,(H3-,41,42,43,44,45,46,47,48,49,50)/p+1. The van der Waals surface area contributed by atoms with Gasteiger partial charge in [-0.1, -0.05) is 12.2 Å². The fourth-order valence-electron chi connectivity index (χ4n) is 9.41. The molecule has 1 fully saturated rings. The van der Waals surface area contributed by atoms with Gasteiger partial charge in [-0.2, -0.15) is 34.2 Å². The summed E-state index contributed by atoms with van der Waals surface area (Å²) in [5.74, 6) is -0.767. The molecule has 7 rings (SSSR count). The van der Waals surface area contributed by atoms with E-state index in [0.29, 0.717) is 19.4 Å². The van der Waals surface area contributed by atoms with E-state index in [4.69, 9.17) is 5.26 Å². The predicted molar refractivity (Wildman–Crippen MR) is 210 cm³/mol. The molecule has 5 aliphatic rings. The van der Waals surface area contributed by atoms with Crippen molar-refractivity contribution in [3.8, 4) is 0 Å². The molecule has 0 saturated heterocycles. The second-order valence-electron chi connectivity index (χ2n) is 15.4. The first-order chi connectivity index (χ1) is 25.8. The van der Waals surface area contributed by atoms with Gasteiger partial charge >= 0.3 is 0 Å². The van der Waals surface area contributed by atoms with Crippen molar-refractivity contribution in [2.45, 2.75) is 92.3 Å². The topological polar surface area (TPSA) is 199 Å². The van der Waals surface area contributed by atoms with E-state index in [0.717, 1.165) is 105 Å². The van der Waals surface area contributed by atoms with Crippen LogP contribution in [0.4, 0.5) is 11.4 Å². The normalized spacial score (nSPS) is 25.2.